The van der Waals surface area contributed by atoms with Crippen LogP contribution in [-0.4, -0.2) is 11.6 Å². The summed E-state index contributed by atoms with van der Waals surface area (Å²) >= 11 is 0. The van der Waals surface area contributed by atoms with Crippen LogP contribution in [0.1, 0.15) is 29.8 Å². The molecule has 0 aliphatic heterocycles. The number of pyridine rings is 1. The zero-order valence-corrected chi connectivity index (χ0v) is 11.3. The maximum absolute atomic E-state index is 5.68. The fourth-order valence-corrected chi connectivity index (χ4v) is 2.06. The molecule has 2 rings (SSSR count). The van der Waals surface area contributed by atoms with E-state index in [4.69, 9.17) is 10.6 Å². The highest BCUT2D eigenvalue weighted by Crippen LogP contribution is 2.24. The minimum Gasteiger partial charge on any atom is -0.494 e. The fraction of sp³-hybridized carbons (Fsp3) is 0.267. The Morgan fingerprint density at radius 3 is 2.58 bits per heavy atom. The zero-order valence-electron chi connectivity index (χ0n) is 11.3. The molecule has 0 amide bonds. The first-order chi connectivity index (χ1) is 9.26. The number of hydrogen-bond donors (Lipinski definition) is 2. The third kappa shape index (κ3) is 3.10. The summed E-state index contributed by atoms with van der Waals surface area (Å²) in [4.78, 5) is 4.41. The van der Waals surface area contributed by atoms with Gasteiger partial charge in [0.25, 0.3) is 0 Å². The van der Waals surface area contributed by atoms with E-state index < -0.39 is 0 Å². The Bertz CT molecular complexity index is 525. The summed E-state index contributed by atoms with van der Waals surface area (Å²) in [6.07, 6.45) is 1.78. The van der Waals surface area contributed by atoms with Crippen molar-refractivity contribution in [2.24, 2.45) is 5.84 Å². The van der Waals surface area contributed by atoms with Gasteiger partial charge in [0.15, 0.2) is 0 Å². The number of aryl methyl sites for hydroxylation is 1. The van der Waals surface area contributed by atoms with E-state index in [1.165, 1.54) is 0 Å². The Balaban J connectivity index is 2.29. The normalized spacial score (nSPS) is 12.2. The lowest BCUT2D eigenvalue weighted by molar-refractivity contribution is 0.340. The van der Waals surface area contributed by atoms with Gasteiger partial charge in [-0.25, -0.2) is 5.43 Å². The molecule has 100 valence electrons. The first kappa shape index (κ1) is 13.5. The molecule has 3 N–H and O–H groups in total. The molecule has 1 aromatic heterocycles. The topological polar surface area (TPSA) is 60.2 Å². The summed E-state index contributed by atoms with van der Waals surface area (Å²) in [6, 6.07) is 11.7. The van der Waals surface area contributed by atoms with E-state index in [1.807, 2.05) is 50.2 Å². The molecule has 4 nitrogen and oxygen atoms in total. The van der Waals surface area contributed by atoms with Crippen molar-refractivity contribution in [3.05, 3.63) is 59.4 Å². The largest absolute Gasteiger partial charge is 0.494 e. The molecule has 0 spiro atoms. The molecule has 0 radical (unpaired) electrons. The summed E-state index contributed by atoms with van der Waals surface area (Å²) in [7, 11) is 0. The molecule has 0 saturated heterocycles. The van der Waals surface area contributed by atoms with E-state index in [-0.39, 0.29) is 6.04 Å². The van der Waals surface area contributed by atoms with E-state index in [9.17, 15) is 0 Å². The first-order valence-corrected chi connectivity index (χ1v) is 6.36. The van der Waals surface area contributed by atoms with Gasteiger partial charge in [-0.2, -0.15) is 0 Å². The molecule has 4 heteroatoms. The van der Waals surface area contributed by atoms with Crippen molar-refractivity contribution in [1.82, 2.24) is 10.4 Å². The van der Waals surface area contributed by atoms with Crippen molar-refractivity contribution in [2.75, 3.05) is 6.61 Å². The molecule has 1 heterocycles. The molecule has 1 atom stereocenters. The lowest BCUT2D eigenvalue weighted by Gasteiger charge is -2.18. The molecule has 1 aromatic carbocycles. The second-order valence-corrected chi connectivity index (χ2v) is 4.31. The highest BCUT2D eigenvalue weighted by Gasteiger charge is 2.15. The number of rotatable bonds is 5. The molecule has 0 aliphatic carbocycles. The third-order valence-electron chi connectivity index (χ3n) is 3.01. The van der Waals surface area contributed by atoms with Gasteiger partial charge in [-0.05, 0) is 43.2 Å². The van der Waals surface area contributed by atoms with Gasteiger partial charge >= 0.3 is 0 Å². The van der Waals surface area contributed by atoms with Gasteiger partial charge in [0.1, 0.15) is 5.75 Å². The van der Waals surface area contributed by atoms with E-state index in [0.29, 0.717) is 6.61 Å². The number of hydrogen-bond acceptors (Lipinski definition) is 4. The summed E-state index contributed by atoms with van der Waals surface area (Å²) in [5, 5.41) is 0. The molecular weight excluding hydrogens is 238 g/mol. The lowest BCUT2D eigenvalue weighted by Crippen LogP contribution is -2.30. The number of benzene rings is 1. The van der Waals surface area contributed by atoms with E-state index in [2.05, 4.69) is 10.4 Å². The fourth-order valence-electron chi connectivity index (χ4n) is 2.06. The molecule has 2 aromatic rings. The van der Waals surface area contributed by atoms with Crippen LogP contribution in [0.5, 0.6) is 5.75 Å². The van der Waals surface area contributed by atoms with Crippen LogP contribution < -0.4 is 16.0 Å². The third-order valence-corrected chi connectivity index (χ3v) is 3.01. The monoisotopic (exact) mass is 257 g/mol. The second kappa shape index (κ2) is 6.31. The zero-order chi connectivity index (χ0) is 13.7. The molecular formula is C15H19N3O. The van der Waals surface area contributed by atoms with Gasteiger partial charge in [-0.1, -0.05) is 18.2 Å². The first-order valence-electron chi connectivity index (χ1n) is 6.36. The molecule has 0 saturated carbocycles. The minimum absolute atomic E-state index is 0.114. The predicted molar refractivity (Wildman–Crippen MR) is 75.8 cm³/mol. The van der Waals surface area contributed by atoms with Gasteiger partial charge in [0.05, 0.1) is 18.3 Å². The van der Waals surface area contributed by atoms with Crippen molar-refractivity contribution in [3.8, 4) is 5.75 Å². The number of nitrogens with zero attached hydrogens (tertiary/aromatic N) is 1. The van der Waals surface area contributed by atoms with Gasteiger partial charge in [-0.15, -0.1) is 0 Å². The number of nitrogens with one attached hydrogen (secondary N) is 1. The van der Waals surface area contributed by atoms with Gasteiger partial charge in [-0.3, -0.25) is 10.8 Å². The van der Waals surface area contributed by atoms with Crippen LogP contribution in [-0.2, 0) is 0 Å². The van der Waals surface area contributed by atoms with Crippen LogP contribution in [0, 0.1) is 6.92 Å². The van der Waals surface area contributed by atoms with E-state index >= 15 is 0 Å². The summed E-state index contributed by atoms with van der Waals surface area (Å²) in [6.45, 7) is 4.66. The van der Waals surface area contributed by atoms with Gasteiger partial charge < -0.3 is 4.74 Å². The standard InChI is InChI=1S/C15H19N3O/c1-3-19-13-8-6-12(7-9-13)15(18-16)14-11(2)5-4-10-17-14/h4-10,15,18H,3,16H2,1-2H3. The number of hydrazine groups is 1. The molecule has 1 unspecified atom stereocenters. The predicted octanol–water partition coefficient (Wildman–Crippen LogP) is 2.34. The SMILES string of the molecule is CCOc1ccc(C(NN)c2ncccc2C)cc1. The van der Waals surface area contributed by atoms with Crippen LogP contribution in [0.25, 0.3) is 0 Å². The Hall–Kier alpha value is -1.91. The van der Waals surface area contributed by atoms with Crippen molar-refractivity contribution in [1.29, 1.82) is 0 Å². The number of nitrogens with two attached hydrogens (primary N) is 1. The lowest BCUT2D eigenvalue weighted by atomic mass is 10.0. The Labute approximate surface area is 113 Å². The highest BCUT2D eigenvalue weighted by atomic mass is 16.5. The summed E-state index contributed by atoms with van der Waals surface area (Å²) < 4.78 is 5.44. The van der Waals surface area contributed by atoms with Gasteiger partial charge in [0.2, 0.25) is 0 Å². The van der Waals surface area contributed by atoms with Crippen LogP contribution >= 0.6 is 0 Å². The Morgan fingerprint density at radius 1 is 1.26 bits per heavy atom. The van der Waals surface area contributed by atoms with Gasteiger partial charge in [0, 0.05) is 6.20 Å². The Morgan fingerprint density at radius 2 is 2.00 bits per heavy atom. The maximum Gasteiger partial charge on any atom is 0.119 e. The molecule has 0 fully saturated rings. The quantitative estimate of drug-likeness (QED) is 0.637. The summed E-state index contributed by atoms with van der Waals surface area (Å²) in [5.74, 6) is 6.54. The van der Waals surface area contributed by atoms with E-state index in [1.54, 1.807) is 6.20 Å². The second-order valence-electron chi connectivity index (χ2n) is 4.31. The maximum atomic E-state index is 5.68. The molecule has 0 bridgehead atoms. The Kier molecular flexibility index (Phi) is 4.49. The number of aromatic nitrogens is 1. The average Bonchev–Trinajstić information content (AvgIpc) is 2.44. The smallest absolute Gasteiger partial charge is 0.119 e. The van der Waals surface area contributed by atoms with Crippen LogP contribution in [0.4, 0.5) is 0 Å². The van der Waals surface area contributed by atoms with Crippen LogP contribution in [0.2, 0.25) is 0 Å². The minimum atomic E-state index is -0.114. The summed E-state index contributed by atoms with van der Waals surface area (Å²) in [5.41, 5.74) is 5.94. The van der Waals surface area contributed by atoms with Crippen molar-refractivity contribution in [2.45, 2.75) is 19.9 Å². The van der Waals surface area contributed by atoms with E-state index in [0.717, 1.165) is 22.6 Å². The van der Waals surface area contributed by atoms with Crippen molar-refractivity contribution < 1.29 is 4.74 Å². The highest BCUT2D eigenvalue weighted by molar-refractivity contribution is 5.35. The number of ether oxygens (including phenoxy) is 1. The van der Waals surface area contributed by atoms with Crippen molar-refractivity contribution in [3.63, 3.8) is 0 Å². The van der Waals surface area contributed by atoms with Crippen LogP contribution in [0.15, 0.2) is 42.6 Å². The molecule has 0 aliphatic rings. The van der Waals surface area contributed by atoms with Crippen LogP contribution in [0.3, 0.4) is 0 Å². The average molecular weight is 257 g/mol. The molecule has 19 heavy (non-hydrogen) atoms. The van der Waals surface area contributed by atoms with Crippen molar-refractivity contribution >= 4 is 0 Å².